The van der Waals surface area contributed by atoms with E-state index in [1.165, 1.54) is 12.4 Å². The largest absolute Gasteiger partial charge is 0.439 e. The van der Waals surface area contributed by atoms with Gasteiger partial charge in [-0.3, -0.25) is 4.79 Å². The molecule has 0 bridgehead atoms. The molecule has 0 radical (unpaired) electrons. The number of aromatic nitrogens is 4. The highest BCUT2D eigenvalue weighted by Crippen LogP contribution is 2.48. The molecule has 0 spiro atoms. The number of fused-ring (bicyclic) bond motifs is 1. The van der Waals surface area contributed by atoms with Crippen molar-refractivity contribution in [3.05, 3.63) is 72.8 Å². The molecular formula is C28H30N6O2. The predicted molar refractivity (Wildman–Crippen MR) is 141 cm³/mol. The molecule has 4 aromatic rings. The highest BCUT2D eigenvalue weighted by molar-refractivity contribution is 6.02. The van der Waals surface area contributed by atoms with E-state index >= 15 is 0 Å². The van der Waals surface area contributed by atoms with Gasteiger partial charge in [-0.1, -0.05) is 24.8 Å². The summed E-state index contributed by atoms with van der Waals surface area (Å²) in [6, 6.07) is 13.6. The number of hydrogen-bond acceptors (Lipinski definition) is 6. The van der Waals surface area contributed by atoms with Crippen LogP contribution in [0.2, 0.25) is 0 Å². The number of benzene rings is 1. The van der Waals surface area contributed by atoms with Crippen LogP contribution in [0.4, 0.5) is 5.82 Å². The van der Waals surface area contributed by atoms with Gasteiger partial charge in [-0.15, -0.1) is 0 Å². The number of aryl methyl sites for hydroxylation is 2. The molecule has 1 amide bonds. The fourth-order valence-electron chi connectivity index (χ4n) is 5.44. The van der Waals surface area contributed by atoms with E-state index in [2.05, 4.69) is 39.9 Å². The van der Waals surface area contributed by atoms with Gasteiger partial charge < -0.3 is 19.9 Å². The van der Waals surface area contributed by atoms with E-state index in [4.69, 9.17) is 10.5 Å². The Bertz CT molecular complexity index is 1470. The lowest BCUT2D eigenvalue weighted by molar-refractivity contribution is -0.129. The van der Waals surface area contributed by atoms with Crippen LogP contribution in [0.25, 0.3) is 22.2 Å². The Hall–Kier alpha value is -4.20. The summed E-state index contributed by atoms with van der Waals surface area (Å²) in [6.07, 6.45) is 3.69. The molecule has 4 heterocycles. The lowest BCUT2D eigenvalue weighted by atomic mass is 9.82. The molecule has 184 valence electrons. The Morgan fingerprint density at radius 3 is 2.64 bits per heavy atom. The molecule has 8 nitrogen and oxygen atoms in total. The van der Waals surface area contributed by atoms with Gasteiger partial charge in [-0.05, 0) is 57.0 Å². The van der Waals surface area contributed by atoms with E-state index in [1.807, 2.05) is 61.3 Å². The summed E-state index contributed by atoms with van der Waals surface area (Å²) in [7, 11) is 2.00. The summed E-state index contributed by atoms with van der Waals surface area (Å²) < 4.78 is 8.06. The molecule has 0 saturated carbocycles. The minimum atomic E-state index is -0.426. The first-order valence-electron chi connectivity index (χ1n) is 12.0. The minimum absolute atomic E-state index is 0.0578. The first kappa shape index (κ1) is 23.5. The number of likely N-dealkylation sites (tertiary alicyclic amines) is 1. The molecule has 1 unspecified atom stereocenters. The van der Waals surface area contributed by atoms with Crippen molar-refractivity contribution in [2.45, 2.75) is 38.6 Å². The first-order valence-corrected chi connectivity index (χ1v) is 12.0. The minimum Gasteiger partial charge on any atom is -0.439 e. The van der Waals surface area contributed by atoms with Gasteiger partial charge >= 0.3 is 0 Å². The van der Waals surface area contributed by atoms with Crippen molar-refractivity contribution in [1.29, 1.82) is 0 Å². The highest BCUT2D eigenvalue weighted by atomic mass is 16.5. The van der Waals surface area contributed by atoms with Crippen molar-refractivity contribution in [2.75, 3.05) is 12.3 Å². The number of anilines is 1. The monoisotopic (exact) mass is 482 g/mol. The molecule has 1 aromatic carbocycles. The third-order valence-corrected chi connectivity index (χ3v) is 7.23. The van der Waals surface area contributed by atoms with Crippen molar-refractivity contribution in [1.82, 2.24) is 24.4 Å². The number of nitrogen functional groups attached to an aromatic ring is 1. The smallest absolute Gasteiger partial charge is 0.246 e. The molecular weight excluding hydrogens is 452 g/mol. The number of carbonyl (C=O) groups excluding carboxylic acids is 1. The van der Waals surface area contributed by atoms with E-state index < -0.39 is 5.54 Å². The van der Waals surface area contributed by atoms with E-state index in [1.54, 1.807) is 0 Å². The van der Waals surface area contributed by atoms with Crippen LogP contribution in [0.3, 0.4) is 0 Å². The van der Waals surface area contributed by atoms with Crippen LogP contribution in [0.15, 0.2) is 61.4 Å². The van der Waals surface area contributed by atoms with Crippen molar-refractivity contribution in [2.24, 2.45) is 7.05 Å². The third kappa shape index (κ3) is 3.79. The molecule has 8 heteroatoms. The number of amides is 1. The Labute approximate surface area is 210 Å². The number of rotatable bonds is 5. The number of carbonyl (C=O) groups is 1. The first-order chi connectivity index (χ1) is 17.2. The number of nitrogens with two attached hydrogens (primary N) is 1. The van der Waals surface area contributed by atoms with Crippen molar-refractivity contribution in [3.63, 3.8) is 0 Å². The number of hydrogen-bond donors (Lipinski definition) is 1. The highest BCUT2D eigenvalue weighted by Gasteiger charge is 2.46. The van der Waals surface area contributed by atoms with Crippen molar-refractivity contribution >= 4 is 22.8 Å². The summed E-state index contributed by atoms with van der Waals surface area (Å²) in [6.45, 7) is 10.5. The maximum Gasteiger partial charge on any atom is 0.246 e. The van der Waals surface area contributed by atoms with Gasteiger partial charge in [0.25, 0.3) is 0 Å². The number of nitrogens with zero attached hydrogens (tertiary/aromatic N) is 5. The second kappa shape index (κ2) is 8.78. The van der Waals surface area contributed by atoms with Crippen molar-refractivity contribution in [3.8, 4) is 22.8 Å². The second-order valence-corrected chi connectivity index (χ2v) is 9.71. The fraction of sp³-hybridized carbons (Fsp3) is 0.286. The molecule has 1 fully saturated rings. The molecule has 3 aromatic heterocycles. The van der Waals surface area contributed by atoms with Gasteiger partial charge in [0.05, 0.1) is 5.39 Å². The second-order valence-electron chi connectivity index (χ2n) is 9.71. The molecule has 2 N–H and O–H groups in total. The molecule has 0 aliphatic carbocycles. The van der Waals surface area contributed by atoms with E-state index in [-0.39, 0.29) is 11.8 Å². The van der Waals surface area contributed by atoms with Crippen LogP contribution in [0.5, 0.6) is 11.6 Å². The molecule has 1 atom stereocenters. The van der Waals surface area contributed by atoms with Crippen LogP contribution in [0, 0.1) is 6.92 Å². The maximum absolute atomic E-state index is 12.6. The van der Waals surface area contributed by atoms with Gasteiger partial charge in [0, 0.05) is 48.1 Å². The van der Waals surface area contributed by atoms with Crippen LogP contribution >= 0.6 is 0 Å². The van der Waals surface area contributed by atoms with Gasteiger partial charge in [-0.25, -0.2) is 15.0 Å². The zero-order valence-electron chi connectivity index (χ0n) is 21.0. The standard InChI is InChI=1S/C28H30N6O2/c1-6-22(35)34-15-14-20(28(34,3)4)25-23(24-26(29)30-16-31-27(24)33(25)5)18-10-12-19(13-11-18)36-21-9-7-8-17(2)32-21/h6-13,16,20H,1,14-15H2,2-5H3,(H2,29,30,31). The third-order valence-electron chi connectivity index (χ3n) is 7.23. The van der Waals surface area contributed by atoms with Gasteiger partial charge in [0.2, 0.25) is 11.8 Å². The summed E-state index contributed by atoms with van der Waals surface area (Å²) in [5, 5.41) is 0.813. The van der Waals surface area contributed by atoms with Gasteiger partial charge in [-0.2, -0.15) is 0 Å². The van der Waals surface area contributed by atoms with Gasteiger partial charge in [0.15, 0.2) is 0 Å². The van der Waals surface area contributed by atoms with Crippen molar-refractivity contribution < 1.29 is 9.53 Å². The lowest BCUT2D eigenvalue weighted by Gasteiger charge is -2.36. The zero-order chi connectivity index (χ0) is 25.6. The normalized spacial score (nSPS) is 16.9. The Morgan fingerprint density at radius 1 is 1.19 bits per heavy atom. The average Bonchev–Trinajstić information content (AvgIpc) is 3.32. The lowest BCUT2D eigenvalue weighted by Crippen LogP contribution is -2.45. The van der Waals surface area contributed by atoms with Gasteiger partial charge in [0.1, 0.15) is 23.5 Å². The Balaban J connectivity index is 1.62. The van der Waals surface area contributed by atoms with E-state index in [9.17, 15) is 4.79 Å². The van der Waals surface area contributed by atoms with Crippen LogP contribution in [-0.4, -0.2) is 42.4 Å². The number of pyridine rings is 1. The fourth-order valence-corrected chi connectivity index (χ4v) is 5.44. The van der Waals surface area contributed by atoms with Crippen LogP contribution in [0.1, 0.15) is 37.6 Å². The van der Waals surface area contributed by atoms with E-state index in [0.717, 1.165) is 40.0 Å². The van der Waals surface area contributed by atoms with Crippen LogP contribution < -0.4 is 10.5 Å². The predicted octanol–water partition coefficient (Wildman–Crippen LogP) is 4.99. The summed E-state index contributed by atoms with van der Waals surface area (Å²) in [4.78, 5) is 27.8. The summed E-state index contributed by atoms with van der Waals surface area (Å²) in [5.41, 5.74) is 10.7. The summed E-state index contributed by atoms with van der Waals surface area (Å²) in [5.74, 6) is 1.66. The average molecular weight is 483 g/mol. The maximum atomic E-state index is 12.6. The Morgan fingerprint density at radius 2 is 1.94 bits per heavy atom. The molecule has 1 aliphatic heterocycles. The quantitative estimate of drug-likeness (QED) is 0.402. The topological polar surface area (TPSA) is 99.2 Å². The summed E-state index contributed by atoms with van der Waals surface area (Å²) >= 11 is 0. The van der Waals surface area contributed by atoms with E-state index in [0.29, 0.717) is 24.0 Å². The molecule has 5 rings (SSSR count). The molecule has 1 aliphatic rings. The zero-order valence-corrected chi connectivity index (χ0v) is 21.0. The van der Waals surface area contributed by atoms with Crippen LogP contribution in [-0.2, 0) is 11.8 Å². The number of ether oxygens (including phenoxy) is 1. The molecule has 1 saturated heterocycles. The Kier molecular flexibility index (Phi) is 5.74. The molecule has 36 heavy (non-hydrogen) atoms. The SMILES string of the molecule is C=CC(=O)N1CCC(c2c(-c3ccc(Oc4cccc(C)n4)cc3)c3c(N)ncnc3n2C)C1(C)C.